The molecule has 13 heavy (non-hydrogen) atoms. The van der Waals surface area contributed by atoms with E-state index in [4.69, 9.17) is 0 Å². The third-order valence-corrected chi connectivity index (χ3v) is 2.98. The van der Waals surface area contributed by atoms with Crippen molar-refractivity contribution in [3.63, 3.8) is 0 Å². The van der Waals surface area contributed by atoms with Gasteiger partial charge in [0.2, 0.25) is 0 Å². The fourth-order valence-corrected chi connectivity index (χ4v) is 2.08. The molecular formula is C11H14IN. The molecule has 1 rings (SSSR count). The maximum absolute atomic E-state index is 3.98. The van der Waals surface area contributed by atoms with Crippen LogP contribution in [0.4, 0.5) is 0 Å². The summed E-state index contributed by atoms with van der Waals surface area (Å²) in [6, 6.07) is 8.63. The van der Waals surface area contributed by atoms with Gasteiger partial charge in [0.25, 0.3) is 0 Å². The van der Waals surface area contributed by atoms with Crippen LogP contribution < -0.4 is 5.32 Å². The van der Waals surface area contributed by atoms with Gasteiger partial charge in [-0.15, -0.1) is 0 Å². The first-order valence-electron chi connectivity index (χ1n) is 4.24. The third-order valence-electron chi connectivity index (χ3n) is 2.00. The molecule has 70 valence electrons. The van der Waals surface area contributed by atoms with Crippen LogP contribution in [0.2, 0.25) is 0 Å². The van der Waals surface area contributed by atoms with E-state index in [1.165, 1.54) is 9.13 Å². The van der Waals surface area contributed by atoms with Gasteiger partial charge in [0, 0.05) is 3.57 Å². The van der Waals surface area contributed by atoms with Gasteiger partial charge < -0.3 is 5.32 Å². The number of nitrogens with one attached hydrogen (secondary N) is 1. The summed E-state index contributed by atoms with van der Waals surface area (Å²) in [7, 11) is 1.96. The van der Waals surface area contributed by atoms with E-state index in [9.17, 15) is 0 Å². The van der Waals surface area contributed by atoms with E-state index in [0.29, 0.717) is 0 Å². The SMILES string of the molecule is C=C(C)C(NC)c1ccccc1I. The first-order valence-corrected chi connectivity index (χ1v) is 5.31. The van der Waals surface area contributed by atoms with Crippen molar-refractivity contribution >= 4 is 22.6 Å². The number of halogens is 1. The monoisotopic (exact) mass is 287 g/mol. The van der Waals surface area contributed by atoms with Gasteiger partial charge in [0.15, 0.2) is 0 Å². The van der Waals surface area contributed by atoms with E-state index >= 15 is 0 Å². The van der Waals surface area contributed by atoms with Crippen molar-refractivity contribution in [2.75, 3.05) is 7.05 Å². The highest BCUT2D eigenvalue weighted by molar-refractivity contribution is 14.1. The summed E-state index contributed by atoms with van der Waals surface area (Å²) in [6.07, 6.45) is 0. The van der Waals surface area contributed by atoms with Crippen LogP contribution >= 0.6 is 22.6 Å². The number of hydrogen-bond donors (Lipinski definition) is 1. The Bertz CT molecular complexity index is 307. The Hall–Kier alpha value is -0.350. The van der Waals surface area contributed by atoms with E-state index in [0.717, 1.165) is 5.57 Å². The van der Waals surface area contributed by atoms with Crippen LogP contribution in [0.1, 0.15) is 18.5 Å². The molecule has 0 bridgehead atoms. The lowest BCUT2D eigenvalue weighted by molar-refractivity contribution is 0.677. The van der Waals surface area contributed by atoms with Crippen molar-refractivity contribution in [3.05, 3.63) is 45.6 Å². The Morgan fingerprint density at radius 3 is 2.54 bits per heavy atom. The van der Waals surface area contributed by atoms with Crippen molar-refractivity contribution < 1.29 is 0 Å². The highest BCUT2D eigenvalue weighted by atomic mass is 127. The molecule has 0 saturated heterocycles. The topological polar surface area (TPSA) is 12.0 Å². The smallest absolute Gasteiger partial charge is 0.0538 e. The average molecular weight is 287 g/mol. The van der Waals surface area contributed by atoms with Gasteiger partial charge in [-0.2, -0.15) is 0 Å². The zero-order valence-corrected chi connectivity index (χ0v) is 10.1. The lowest BCUT2D eigenvalue weighted by Crippen LogP contribution is -2.17. The summed E-state index contributed by atoms with van der Waals surface area (Å²) in [6.45, 7) is 6.02. The lowest BCUT2D eigenvalue weighted by atomic mass is 10.0. The maximum Gasteiger partial charge on any atom is 0.0538 e. The van der Waals surface area contributed by atoms with E-state index in [1.54, 1.807) is 0 Å². The number of benzene rings is 1. The Balaban J connectivity index is 3.04. The van der Waals surface area contributed by atoms with Gasteiger partial charge in [-0.25, -0.2) is 0 Å². The zero-order valence-electron chi connectivity index (χ0n) is 7.97. The van der Waals surface area contributed by atoms with Crippen molar-refractivity contribution in [2.45, 2.75) is 13.0 Å². The predicted octanol–water partition coefficient (Wildman–Crippen LogP) is 3.13. The molecule has 1 N–H and O–H groups in total. The first-order chi connectivity index (χ1) is 6.16. The number of rotatable bonds is 3. The van der Waals surface area contributed by atoms with E-state index in [2.05, 4.69) is 58.8 Å². The summed E-state index contributed by atoms with van der Waals surface area (Å²) >= 11 is 2.35. The van der Waals surface area contributed by atoms with Crippen LogP contribution in [0, 0.1) is 3.57 Å². The van der Waals surface area contributed by atoms with Crippen molar-refractivity contribution in [2.24, 2.45) is 0 Å². The van der Waals surface area contributed by atoms with Crippen molar-refractivity contribution in [3.8, 4) is 0 Å². The Kier molecular flexibility index (Phi) is 3.93. The van der Waals surface area contributed by atoms with Crippen LogP contribution in [-0.2, 0) is 0 Å². The summed E-state index contributed by atoms with van der Waals surface area (Å²) < 4.78 is 1.28. The molecule has 1 aromatic carbocycles. The number of likely N-dealkylation sites (N-methyl/N-ethyl adjacent to an activating group) is 1. The molecule has 0 radical (unpaired) electrons. The Morgan fingerprint density at radius 2 is 2.08 bits per heavy atom. The minimum absolute atomic E-state index is 0.271. The molecule has 0 heterocycles. The molecule has 0 aliphatic rings. The molecule has 1 nitrogen and oxygen atoms in total. The second kappa shape index (κ2) is 4.77. The molecule has 1 atom stereocenters. The highest BCUT2D eigenvalue weighted by Crippen LogP contribution is 2.24. The van der Waals surface area contributed by atoms with Crippen molar-refractivity contribution in [1.82, 2.24) is 5.32 Å². The normalized spacial score (nSPS) is 12.5. The first kappa shape index (κ1) is 10.7. The Labute approximate surface area is 93.4 Å². The van der Waals surface area contributed by atoms with Crippen LogP contribution in [0.3, 0.4) is 0 Å². The van der Waals surface area contributed by atoms with Gasteiger partial charge in [-0.3, -0.25) is 0 Å². The molecule has 0 saturated carbocycles. The quantitative estimate of drug-likeness (QED) is 0.665. The van der Waals surface area contributed by atoms with Crippen LogP contribution in [0.5, 0.6) is 0 Å². The summed E-state index contributed by atoms with van der Waals surface area (Å²) in [5.74, 6) is 0. The zero-order chi connectivity index (χ0) is 9.84. The van der Waals surface area contributed by atoms with Gasteiger partial charge in [-0.1, -0.05) is 30.4 Å². The highest BCUT2D eigenvalue weighted by Gasteiger charge is 2.11. The lowest BCUT2D eigenvalue weighted by Gasteiger charge is -2.17. The summed E-state index contributed by atoms with van der Waals surface area (Å²) in [5, 5.41) is 3.25. The molecule has 1 aromatic rings. The van der Waals surface area contributed by atoms with Crippen LogP contribution in [0.25, 0.3) is 0 Å². The van der Waals surface area contributed by atoms with Crippen LogP contribution in [-0.4, -0.2) is 7.05 Å². The molecule has 0 spiro atoms. The van der Waals surface area contributed by atoms with E-state index < -0.39 is 0 Å². The standard InChI is InChI=1S/C11H14IN/c1-8(2)11(13-3)9-6-4-5-7-10(9)12/h4-7,11,13H,1H2,2-3H3. The molecule has 2 heteroatoms. The average Bonchev–Trinajstić information content (AvgIpc) is 2.09. The van der Waals surface area contributed by atoms with Crippen molar-refractivity contribution in [1.29, 1.82) is 0 Å². The molecular weight excluding hydrogens is 273 g/mol. The fraction of sp³-hybridized carbons (Fsp3) is 0.273. The molecule has 1 unspecified atom stereocenters. The van der Waals surface area contributed by atoms with Crippen LogP contribution in [0.15, 0.2) is 36.4 Å². The number of hydrogen-bond acceptors (Lipinski definition) is 1. The Morgan fingerprint density at radius 1 is 1.46 bits per heavy atom. The fourth-order valence-electron chi connectivity index (χ4n) is 1.38. The van der Waals surface area contributed by atoms with Gasteiger partial charge in [-0.05, 0) is 48.2 Å². The molecule has 0 amide bonds. The maximum atomic E-state index is 3.98. The summed E-state index contributed by atoms with van der Waals surface area (Å²) in [5.41, 5.74) is 2.45. The minimum Gasteiger partial charge on any atom is -0.310 e. The van der Waals surface area contributed by atoms with Gasteiger partial charge in [0.05, 0.1) is 6.04 Å². The van der Waals surface area contributed by atoms with Gasteiger partial charge >= 0.3 is 0 Å². The molecule has 0 fully saturated rings. The molecule has 0 aliphatic heterocycles. The minimum atomic E-state index is 0.271. The summed E-state index contributed by atoms with van der Waals surface area (Å²) in [4.78, 5) is 0. The van der Waals surface area contributed by atoms with E-state index in [1.807, 2.05) is 14.0 Å². The largest absolute Gasteiger partial charge is 0.310 e. The second-order valence-corrected chi connectivity index (χ2v) is 4.25. The molecule has 0 aliphatic carbocycles. The predicted molar refractivity (Wildman–Crippen MR) is 65.8 cm³/mol. The molecule has 0 aromatic heterocycles. The van der Waals surface area contributed by atoms with E-state index in [-0.39, 0.29) is 6.04 Å². The third kappa shape index (κ3) is 2.54. The second-order valence-electron chi connectivity index (χ2n) is 3.09. The van der Waals surface area contributed by atoms with Gasteiger partial charge in [0.1, 0.15) is 0 Å².